The number of furan rings is 1. The molecule has 1 N–H and O–H groups in total. The number of anilines is 1. The highest BCUT2D eigenvalue weighted by atomic mass is 35.5. The molecule has 3 aromatic rings. The van der Waals surface area contributed by atoms with Gasteiger partial charge in [0.25, 0.3) is 0 Å². The topological polar surface area (TPSA) is 55.4 Å². The third-order valence-electron chi connectivity index (χ3n) is 3.77. The van der Waals surface area contributed by atoms with E-state index >= 15 is 0 Å². The number of aromatic nitrogens is 3. The van der Waals surface area contributed by atoms with Crippen LogP contribution in [-0.4, -0.2) is 20.8 Å². The van der Waals surface area contributed by atoms with Gasteiger partial charge in [-0.3, -0.25) is 0 Å². The van der Waals surface area contributed by atoms with Gasteiger partial charge in [0.2, 0.25) is 5.28 Å². The third kappa shape index (κ3) is 3.47. The second-order valence-corrected chi connectivity index (χ2v) is 5.87. The SMILES string of the molecule is Cc1c(CCC(C)F)cc2c(NCc3ccco3)nc(Cl)nn12. The van der Waals surface area contributed by atoms with Crippen LogP contribution in [0.3, 0.4) is 0 Å². The van der Waals surface area contributed by atoms with Gasteiger partial charge in [-0.25, -0.2) is 8.91 Å². The summed E-state index contributed by atoms with van der Waals surface area (Å²) in [6, 6.07) is 5.69. The Kier molecular flexibility index (Phi) is 4.52. The van der Waals surface area contributed by atoms with E-state index in [9.17, 15) is 4.39 Å². The van der Waals surface area contributed by atoms with Crippen molar-refractivity contribution in [1.29, 1.82) is 0 Å². The summed E-state index contributed by atoms with van der Waals surface area (Å²) in [7, 11) is 0. The second kappa shape index (κ2) is 6.58. The lowest BCUT2D eigenvalue weighted by Crippen LogP contribution is -2.06. The molecule has 3 heterocycles. The summed E-state index contributed by atoms with van der Waals surface area (Å²) >= 11 is 6.03. The van der Waals surface area contributed by atoms with Crippen molar-refractivity contribution in [2.45, 2.75) is 39.4 Å². The van der Waals surface area contributed by atoms with E-state index in [1.165, 1.54) is 0 Å². The molecule has 0 aliphatic rings. The van der Waals surface area contributed by atoms with Crippen LogP contribution in [0, 0.1) is 6.92 Å². The zero-order valence-electron chi connectivity index (χ0n) is 13.0. The van der Waals surface area contributed by atoms with Gasteiger partial charge < -0.3 is 9.73 Å². The first-order valence-electron chi connectivity index (χ1n) is 7.49. The van der Waals surface area contributed by atoms with Crippen molar-refractivity contribution >= 4 is 22.9 Å². The van der Waals surface area contributed by atoms with Crippen molar-refractivity contribution in [1.82, 2.24) is 14.6 Å². The highest BCUT2D eigenvalue weighted by Crippen LogP contribution is 2.24. The zero-order valence-corrected chi connectivity index (χ0v) is 13.8. The quantitative estimate of drug-likeness (QED) is 0.733. The van der Waals surface area contributed by atoms with Crippen molar-refractivity contribution in [3.8, 4) is 0 Å². The molecule has 0 bridgehead atoms. The highest BCUT2D eigenvalue weighted by molar-refractivity contribution is 6.28. The molecule has 3 rings (SSSR count). The number of halogens is 2. The van der Waals surface area contributed by atoms with Gasteiger partial charge in [-0.05, 0) is 62.1 Å². The van der Waals surface area contributed by atoms with Crippen LogP contribution < -0.4 is 5.32 Å². The molecule has 5 nitrogen and oxygen atoms in total. The fourth-order valence-electron chi connectivity index (χ4n) is 2.52. The third-order valence-corrected chi connectivity index (χ3v) is 3.93. The second-order valence-electron chi connectivity index (χ2n) is 5.53. The van der Waals surface area contributed by atoms with Crippen molar-refractivity contribution < 1.29 is 8.81 Å². The van der Waals surface area contributed by atoms with E-state index in [1.54, 1.807) is 17.7 Å². The Bertz CT molecular complexity index is 798. The van der Waals surface area contributed by atoms with E-state index in [4.69, 9.17) is 16.0 Å². The Morgan fingerprint density at radius 1 is 1.48 bits per heavy atom. The predicted molar refractivity (Wildman–Crippen MR) is 87.7 cm³/mol. The molecule has 3 aromatic heterocycles. The fourth-order valence-corrected chi connectivity index (χ4v) is 2.68. The molecule has 0 aliphatic heterocycles. The molecular weight excluding hydrogens is 319 g/mol. The van der Waals surface area contributed by atoms with Gasteiger partial charge in [0.1, 0.15) is 11.3 Å². The van der Waals surface area contributed by atoms with Crippen molar-refractivity contribution in [3.05, 3.63) is 46.8 Å². The summed E-state index contributed by atoms with van der Waals surface area (Å²) < 4.78 is 20.2. The van der Waals surface area contributed by atoms with E-state index in [2.05, 4.69) is 15.4 Å². The van der Waals surface area contributed by atoms with Gasteiger partial charge in [-0.15, -0.1) is 5.10 Å². The van der Waals surface area contributed by atoms with E-state index in [1.807, 2.05) is 25.1 Å². The van der Waals surface area contributed by atoms with Crippen LogP contribution in [0.5, 0.6) is 0 Å². The van der Waals surface area contributed by atoms with Gasteiger partial charge in [-0.2, -0.15) is 4.98 Å². The Morgan fingerprint density at radius 2 is 2.30 bits per heavy atom. The Morgan fingerprint density at radius 3 is 3.00 bits per heavy atom. The Hall–Kier alpha value is -2.08. The summed E-state index contributed by atoms with van der Waals surface area (Å²) in [6.45, 7) is 4.01. The van der Waals surface area contributed by atoms with E-state index in [0.29, 0.717) is 25.2 Å². The number of nitrogens with zero attached hydrogens (tertiary/aromatic N) is 3. The van der Waals surface area contributed by atoms with Gasteiger partial charge >= 0.3 is 0 Å². The molecule has 0 amide bonds. The number of fused-ring (bicyclic) bond motifs is 1. The minimum absolute atomic E-state index is 0.156. The Labute approximate surface area is 138 Å². The monoisotopic (exact) mass is 336 g/mol. The van der Waals surface area contributed by atoms with Crippen LogP contribution in [0.2, 0.25) is 5.28 Å². The standard InChI is InChI=1S/C16H18ClFN4O/c1-10(18)5-6-12-8-14-15(19-9-13-4-3-7-23-13)20-16(17)21-22(14)11(12)2/h3-4,7-8,10H,5-6,9H2,1-2H3,(H,19,20,21). The Balaban J connectivity index is 1.92. The molecule has 0 spiro atoms. The molecule has 0 aliphatic carbocycles. The van der Waals surface area contributed by atoms with E-state index in [0.717, 1.165) is 22.5 Å². The number of alkyl halides is 1. The maximum absolute atomic E-state index is 13.1. The van der Waals surface area contributed by atoms with Crippen LogP contribution in [0.1, 0.15) is 30.4 Å². The van der Waals surface area contributed by atoms with Gasteiger partial charge in [-0.1, -0.05) is 0 Å². The normalized spacial score (nSPS) is 12.7. The summed E-state index contributed by atoms with van der Waals surface area (Å²) in [5, 5.41) is 7.61. The largest absolute Gasteiger partial charge is 0.467 e. The molecule has 1 unspecified atom stereocenters. The first-order chi connectivity index (χ1) is 11.0. The van der Waals surface area contributed by atoms with Crippen LogP contribution in [0.15, 0.2) is 28.9 Å². The number of aryl methyl sites for hydroxylation is 2. The first-order valence-corrected chi connectivity index (χ1v) is 7.87. The summed E-state index contributed by atoms with van der Waals surface area (Å²) in [6.07, 6.45) is 1.93. The molecule has 1 atom stereocenters. The smallest absolute Gasteiger partial charge is 0.243 e. The summed E-state index contributed by atoms with van der Waals surface area (Å²) in [4.78, 5) is 4.26. The van der Waals surface area contributed by atoms with Crippen LogP contribution in [0.25, 0.3) is 5.52 Å². The molecular formula is C16H18ClFN4O. The molecule has 122 valence electrons. The number of hydrogen-bond acceptors (Lipinski definition) is 4. The minimum Gasteiger partial charge on any atom is -0.467 e. The molecule has 0 saturated heterocycles. The molecule has 0 fully saturated rings. The maximum Gasteiger partial charge on any atom is 0.243 e. The van der Waals surface area contributed by atoms with Crippen molar-refractivity contribution in [2.75, 3.05) is 5.32 Å². The average Bonchev–Trinajstić information content (AvgIpc) is 3.12. The molecule has 23 heavy (non-hydrogen) atoms. The fraction of sp³-hybridized carbons (Fsp3) is 0.375. The lowest BCUT2D eigenvalue weighted by atomic mass is 10.1. The lowest BCUT2D eigenvalue weighted by molar-refractivity contribution is 0.341. The van der Waals surface area contributed by atoms with Gasteiger partial charge in [0, 0.05) is 5.69 Å². The van der Waals surface area contributed by atoms with Gasteiger partial charge in [0.15, 0.2) is 5.82 Å². The number of nitrogens with one attached hydrogen (secondary N) is 1. The first kappa shape index (κ1) is 15.8. The maximum atomic E-state index is 13.1. The zero-order chi connectivity index (χ0) is 16.4. The number of rotatable bonds is 6. The van der Waals surface area contributed by atoms with Crippen LogP contribution in [-0.2, 0) is 13.0 Å². The van der Waals surface area contributed by atoms with Crippen LogP contribution in [0.4, 0.5) is 10.2 Å². The number of hydrogen-bond donors (Lipinski definition) is 1. The molecule has 7 heteroatoms. The molecule has 0 aromatic carbocycles. The van der Waals surface area contributed by atoms with E-state index < -0.39 is 6.17 Å². The van der Waals surface area contributed by atoms with Crippen molar-refractivity contribution in [2.24, 2.45) is 0 Å². The summed E-state index contributed by atoms with van der Waals surface area (Å²) in [5.41, 5.74) is 2.82. The van der Waals surface area contributed by atoms with E-state index in [-0.39, 0.29) is 5.28 Å². The van der Waals surface area contributed by atoms with Gasteiger partial charge in [0.05, 0.1) is 19.0 Å². The summed E-state index contributed by atoms with van der Waals surface area (Å²) in [5.74, 6) is 1.43. The molecule has 0 saturated carbocycles. The molecule has 0 radical (unpaired) electrons. The minimum atomic E-state index is -0.830. The van der Waals surface area contributed by atoms with Crippen LogP contribution >= 0.6 is 11.6 Å². The van der Waals surface area contributed by atoms with Crippen molar-refractivity contribution in [3.63, 3.8) is 0 Å². The lowest BCUT2D eigenvalue weighted by Gasteiger charge is -2.07. The predicted octanol–water partition coefficient (Wildman–Crippen LogP) is 4.19. The average molecular weight is 337 g/mol. The highest BCUT2D eigenvalue weighted by Gasteiger charge is 2.14.